The highest BCUT2D eigenvalue weighted by Gasteiger charge is 2.41. The summed E-state index contributed by atoms with van der Waals surface area (Å²) in [5.74, 6) is 0.744. The molecule has 1 aromatic heterocycles. The number of pyridine rings is 1. The lowest BCUT2D eigenvalue weighted by molar-refractivity contribution is 0.0224. The van der Waals surface area contributed by atoms with Crippen molar-refractivity contribution in [3.63, 3.8) is 0 Å². The quantitative estimate of drug-likeness (QED) is 0.710. The Labute approximate surface area is 94.0 Å². The van der Waals surface area contributed by atoms with E-state index in [2.05, 4.69) is 10.3 Å². The number of nitrogens with zero attached hydrogens (tertiary/aromatic N) is 1. The molecule has 0 bridgehead atoms. The molecule has 3 heterocycles. The molecule has 0 saturated carbocycles. The van der Waals surface area contributed by atoms with E-state index in [1.54, 1.807) is 12.3 Å². The summed E-state index contributed by atoms with van der Waals surface area (Å²) in [6.07, 6.45) is 4.09. The highest BCUT2D eigenvalue weighted by Crippen LogP contribution is 2.35. The number of ketones is 1. The Morgan fingerprint density at radius 3 is 3.25 bits per heavy atom. The maximum atomic E-state index is 12.0. The average Bonchev–Trinajstić information content (AvgIpc) is 2.30. The number of rotatable bonds is 0. The number of hydrogen-bond donors (Lipinski definition) is 1. The fourth-order valence-electron chi connectivity index (χ4n) is 2.51. The molecule has 1 spiro atoms. The molecule has 3 rings (SSSR count). The topological polar surface area (TPSA) is 51.2 Å². The van der Waals surface area contributed by atoms with Gasteiger partial charge in [-0.15, -0.1) is 0 Å². The van der Waals surface area contributed by atoms with Crippen LogP contribution in [0.1, 0.15) is 29.8 Å². The van der Waals surface area contributed by atoms with Crippen molar-refractivity contribution < 1.29 is 9.53 Å². The maximum absolute atomic E-state index is 12.0. The fraction of sp³-hybridized carbons (Fsp3) is 0.500. The molecule has 0 radical (unpaired) electrons. The predicted molar refractivity (Wildman–Crippen MR) is 58.6 cm³/mol. The van der Waals surface area contributed by atoms with Crippen LogP contribution in [0, 0.1) is 0 Å². The van der Waals surface area contributed by atoms with Gasteiger partial charge in [-0.05, 0) is 31.5 Å². The van der Waals surface area contributed by atoms with E-state index in [1.165, 1.54) is 0 Å². The normalized spacial score (nSPS) is 28.6. The first-order chi connectivity index (χ1) is 7.79. The van der Waals surface area contributed by atoms with E-state index in [0.717, 1.165) is 25.9 Å². The first-order valence-corrected chi connectivity index (χ1v) is 5.67. The zero-order chi connectivity index (χ0) is 11.0. The van der Waals surface area contributed by atoms with E-state index in [-0.39, 0.29) is 11.4 Å². The molecule has 16 heavy (non-hydrogen) atoms. The maximum Gasteiger partial charge on any atom is 0.189 e. The number of Topliss-reactive ketones (excluding diaryl/α,β-unsaturated/α-hetero) is 1. The Hall–Kier alpha value is -1.42. The zero-order valence-corrected chi connectivity index (χ0v) is 9.03. The lowest BCUT2D eigenvalue weighted by Crippen LogP contribution is -2.53. The van der Waals surface area contributed by atoms with Crippen LogP contribution in [-0.2, 0) is 0 Å². The van der Waals surface area contributed by atoms with E-state index in [4.69, 9.17) is 4.74 Å². The van der Waals surface area contributed by atoms with Crippen LogP contribution in [-0.4, -0.2) is 29.5 Å². The van der Waals surface area contributed by atoms with Gasteiger partial charge in [0.05, 0.1) is 6.42 Å². The second-order valence-corrected chi connectivity index (χ2v) is 4.52. The number of carbonyl (C=O) groups is 1. The Morgan fingerprint density at radius 2 is 2.44 bits per heavy atom. The molecular formula is C12H14N2O2. The third-order valence-corrected chi connectivity index (χ3v) is 3.28. The van der Waals surface area contributed by atoms with Gasteiger partial charge in [0.15, 0.2) is 5.78 Å². The van der Waals surface area contributed by atoms with Crippen molar-refractivity contribution in [1.29, 1.82) is 0 Å². The number of hydrogen-bond acceptors (Lipinski definition) is 4. The Morgan fingerprint density at radius 1 is 1.50 bits per heavy atom. The summed E-state index contributed by atoms with van der Waals surface area (Å²) in [7, 11) is 0. The Kier molecular flexibility index (Phi) is 2.17. The van der Waals surface area contributed by atoms with Gasteiger partial charge in [-0.25, -0.2) is 4.98 Å². The monoisotopic (exact) mass is 218 g/mol. The van der Waals surface area contributed by atoms with Crippen LogP contribution in [0.5, 0.6) is 5.75 Å². The largest absolute Gasteiger partial charge is 0.483 e. The van der Waals surface area contributed by atoms with Crippen LogP contribution >= 0.6 is 0 Å². The lowest BCUT2D eigenvalue weighted by atomic mass is 9.85. The molecule has 4 nitrogen and oxygen atoms in total. The number of carbonyl (C=O) groups excluding carboxylic acids is 1. The van der Waals surface area contributed by atoms with E-state index < -0.39 is 0 Å². The predicted octanol–water partition coefficient (Wildman–Crippen LogP) is 1.17. The Bertz CT molecular complexity index is 425. The minimum atomic E-state index is -0.328. The summed E-state index contributed by atoms with van der Waals surface area (Å²) < 4.78 is 5.98. The molecule has 0 amide bonds. The van der Waals surface area contributed by atoms with E-state index in [1.807, 2.05) is 6.07 Å². The summed E-state index contributed by atoms with van der Waals surface area (Å²) in [6.45, 7) is 1.77. The van der Waals surface area contributed by atoms with Crippen molar-refractivity contribution in [3.05, 3.63) is 24.0 Å². The first kappa shape index (κ1) is 9.78. The van der Waals surface area contributed by atoms with Crippen LogP contribution in [0.3, 0.4) is 0 Å². The van der Waals surface area contributed by atoms with E-state index in [9.17, 15) is 4.79 Å². The smallest absolute Gasteiger partial charge is 0.189 e. The molecule has 1 fully saturated rings. The molecule has 0 aromatic carbocycles. The zero-order valence-electron chi connectivity index (χ0n) is 9.03. The number of nitrogens with one attached hydrogen (secondary N) is 1. The molecule has 1 aromatic rings. The highest BCUT2D eigenvalue weighted by atomic mass is 16.5. The minimum absolute atomic E-state index is 0.102. The van der Waals surface area contributed by atoms with Gasteiger partial charge in [-0.3, -0.25) is 4.79 Å². The molecular weight excluding hydrogens is 204 g/mol. The third-order valence-electron chi connectivity index (χ3n) is 3.28. The van der Waals surface area contributed by atoms with Gasteiger partial charge < -0.3 is 10.1 Å². The summed E-state index contributed by atoms with van der Waals surface area (Å²) in [5, 5.41) is 3.30. The van der Waals surface area contributed by atoms with E-state index in [0.29, 0.717) is 17.9 Å². The van der Waals surface area contributed by atoms with Crippen molar-refractivity contribution in [1.82, 2.24) is 10.3 Å². The number of piperidine rings is 1. The van der Waals surface area contributed by atoms with Gasteiger partial charge in [0.2, 0.25) is 0 Å². The van der Waals surface area contributed by atoms with Crippen molar-refractivity contribution in [2.45, 2.75) is 24.9 Å². The molecule has 0 unspecified atom stereocenters. The number of fused-ring (bicyclic) bond motifs is 1. The lowest BCUT2D eigenvalue weighted by Gasteiger charge is -2.40. The molecule has 1 atom stereocenters. The van der Waals surface area contributed by atoms with Crippen LogP contribution in [0.2, 0.25) is 0 Å². The van der Waals surface area contributed by atoms with Gasteiger partial charge in [-0.2, -0.15) is 0 Å². The van der Waals surface area contributed by atoms with Crippen molar-refractivity contribution >= 4 is 5.78 Å². The number of ether oxygens (including phenoxy) is 1. The summed E-state index contributed by atoms with van der Waals surface area (Å²) in [5.41, 5.74) is 0.157. The molecule has 4 heteroatoms. The van der Waals surface area contributed by atoms with Crippen LogP contribution < -0.4 is 10.1 Å². The van der Waals surface area contributed by atoms with Gasteiger partial charge in [0.1, 0.15) is 17.0 Å². The molecule has 84 valence electrons. The van der Waals surface area contributed by atoms with Crippen LogP contribution in [0.15, 0.2) is 18.3 Å². The molecule has 1 saturated heterocycles. The van der Waals surface area contributed by atoms with Crippen LogP contribution in [0.4, 0.5) is 0 Å². The van der Waals surface area contributed by atoms with Gasteiger partial charge in [0, 0.05) is 12.7 Å². The average molecular weight is 218 g/mol. The highest BCUT2D eigenvalue weighted by molar-refractivity contribution is 5.98. The SMILES string of the molecule is O=C1C[C@@]2(CCCNC2)Oc2cccnc21. The summed E-state index contributed by atoms with van der Waals surface area (Å²) in [4.78, 5) is 16.1. The molecule has 0 aliphatic carbocycles. The van der Waals surface area contributed by atoms with Crippen molar-refractivity contribution in [3.8, 4) is 5.75 Å². The first-order valence-electron chi connectivity index (χ1n) is 5.67. The number of aromatic nitrogens is 1. The Balaban J connectivity index is 1.96. The van der Waals surface area contributed by atoms with Crippen LogP contribution in [0.25, 0.3) is 0 Å². The molecule has 2 aliphatic rings. The minimum Gasteiger partial charge on any atom is -0.483 e. The van der Waals surface area contributed by atoms with Crippen molar-refractivity contribution in [2.75, 3.05) is 13.1 Å². The third kappa shape index (κ3) is 1.50. The second kappa shape index (κ2) is 3.56. The van der Waals surface area contributed by atoms with Gasteiger partial charge in [-0.1, -0.05) is 0 Å². The molecule has 1 N–H and O–H groups in total. The summed E-state index contributed by atoms with van der Waals surface area (Å²) in [6, 6.07) is 3.64. The second-order valence-electron chi connectivity index (χ2n) is 4.52. The summed E-state index contributed by atoms with van der Waals surface area (Å²) >= 11 is 0. The molecule has 2 aliphatic heterocycles. The van der Waals surface area contributed by atoms with E-state index >= 15 is 0 Å². The van der Waals surface area contributed by atoms with Gasteiger partial charge in [0.25, 0.3) is 0 Å². The van der Waals surface area contributed by atoms with Gasteiger partial charge >= 0.3 is 0 Å². The fourth-order valence-corrected chi connectivity index (χ4v) is 2.51. The standard InChI is InChI=1S/C12H14N2O2/c15-9-7-12(4-2-5-13-8-12)16-10-3-1-6-14-11(9)10/h1,3,6,13H,2,4-5,7-8H2/t12-/m1/s1. The van der Waals surface area contributed by atoms with Crippen molar-refractivity contribution in [2.24, 2.45) is 0 Å².